The second-order valence-corrected chi connectivity index (χ2v) is 4.88. The molecule has 2 nitrogen and oxygen atoms in total. The number of hydrogen-bond donors (Lipinski definition) is 1. The first-order chi connectivity index (χ1) is 8.56. The van der Waals surface area contributed by atoms with Gasteiger partial charge in [0.1, 0.15) is 5.82 Å². The molecule has 0 radical (unpaired) electrons. The van der Waals surface area contributed by atoms with Crippen LogP contribution in [0.1, 0.15) is 10.4 Å². The predicted octanol–water partition coefficient (Wildman–Crippen LogP) is 4.49. The van der Waals surface area contributed by atoms with Crippen LogP contribution in [0.5, 0.6) is 0 Å². The van der Waals surface area contributed by atoms with Crippen LogP contribution in [0.3, 0.4) is 0 Å². The highest BCUT2D eigenvalue weighted by atomic mass is 79.9. The Bertz CT molecular complexity index is 586. The van der Waals surface area contributed by atoms with Crippen LogP contribution in [0.4, 0.5) is 10.1 Å². The maximum Gasteiger partial charge on any atom is 0.255 e. The second-order valence-electron chi connectivity index (χ2n) is 3.59. The van der Waals surface area contributed by atoms with E-state index in [1.807, 2.05) is 0 Å². The standard InChI is InChI=1S/C13H8BrClFNO/c14-11-6-5-10(16)7-12(11)17-13(18)8-1-3-9(15)4-2-8/h1-7H,(H,17,18). The number of anilines is 1. The number of rotatable bonds is 2. The summed E-state index contributed by atoms with van der Waals surface area (Å²) in [6.45, 7) is 0. The van der Waals surface area contributed by atoms with Crippen molar-refractivity contribution in [3.8, 4) is 0 Å². The van der Waals surface area contributed by atoms with E-state index in [4.69, 9.17) is 11.6 Å². The van der Waals surface area contributed by atoms with E-state index in [-0.39, 0.29) is 5.91 Å². The number of benzene rings is 2. The summed E-state index contributed by atoms with van der Waals surface area (Å²) in [7, 11) is 0. The van der Waals surface area contributed by atoms with Crippen molar-refractivity contribution in [3.63, 3.8) is 0 Å². The van der Waals surface area contributed by atoms with Crippen LogP contribution in [-0.2, 0) is 0 Å². The van der Waals surface area contributed by atoms with Gasteiger partial charge in [-0.3, -0.25) is 4.79 Å². The van der Waals surface area contributed by atoms with E-state index in [2.05, 4.69) is 21.2 Å². The molecule has 0 heterocycles. The molecule has 0 aliphatic rings. The normalized spacial score (nSPS) is 10.2. The Morgan fingerprint density at radius 2 is 1.83 bits per heavy atom. The molecule has 0 fully saturated rings. The van der Waals surface area contributed by atoms with Gasteiger partial charge in [-0.2, -0.15) is 0 Å². The van der Waals surface area contributed by atoms with Crippen molar-refractivity contribution in [3.05, 3.63) is 63.3 Å². The molecular formula is C13H8BrClFNO. The van der Waals surface area contributed by atoms with E-state index >= 15 is 0 Å². The van der Waals surface area contributed by atoms with Gasteiger partial charge in [-0.25, -0.2) is 4.39 Å². The fourth-order valence-electron chi connectivity index (χ4n) is 1.39. The van der Waals surface area contributed by atoms with Gasteiger partial charge in [0.2, 0.25) is 0 Å². The van der Waals surface area contributed by atoms with Gasteiger partial charge in [0.25, 0.3) is 5.91 Å². The van der Waals surface area contributed by atoms with Crippen molar-refractivity contribution in [2.24, 2.45) is 0 Å². The van der Waals surface area contributed by atoms with Gasteiger partial charge in [0, 0.05) is 15.1 Å². The zero-order valence-electron chi connectivity index (χ0n) is 9.08. The largest absolute Gasteiger partial charge is 0.321 e. The fourth-order valence-corrected chi connectivity index (χ4v) is 1.86. The van der Waals surface area contributed by atoms with Crippen LogP contribution < -0.4 is 5.32 Å². The summed E-state index contributed by atoms with van der Waals surface area (Å²) in [6.07, 6.45) is 0. The summed E-state index contributed by atoms with van der Waals surface area (Å²) in [5.41, 5.74) is 0.838. The molecule has 0 bridgehead atoms. The molecule has 0 saturated heterocycles. The molecule has 1 N–H and O–H groups in total. The smallest absolute Gasteiger partial charge is 0.255 e. The van der Waals surface area contributed by atoms with Gasteiger partial charge in [0.15, 0.2) is 0 Å². The molecule has 0 aliphatic carbocycles. The third-order valence-electron chi connectivity index (χ3n) is 2.28. The Labute approximate surface area is 117 Å². The van der Waals surface area contributed by atoms with Crippen molar-refractivity contribution in [2.75, 3.05) is 5.32 Å². The van der Waals surface area contributed by atoms with E-state index in [1.54, 1.807) is 24.3 Å². The Hall–Kier alpha value is -1.39. The first kappa shape index (κ1) is 13.1. The van der Waals surface area contributed by atoms with Gasteiger partial charge < -0.3 is 5.32 Å². The number of carbonyl (C=O) groups excluding carboxylic acids is 1. The maximum atomic E-state index is 13.1. The SMILES string of the molecule is O=C(Nc1cc(F)ccc1Br)c1ccc(Cl)cc1. The molecule has 1 amide bonds. The van der Waals surface area contributed by atoms with E-state index in [0.717, 1.165) is 0 Å². The number of hydrogen-bond acceptors (Lipinski definition) is 1. The van der Waals surface area contributed by atoms with Crippen LogP contribution >= 0.6 is 27.5 Å². The van der Waals surface area contributed by atoms with Crippen LogP contribution in [0.15, 0.2) is 46.9 Å². The maximum absolute atomic E-state index is 13.1. The molecule has 0 unspecified atom stereocenters. The molecule has 92 valence electrons. The number of halogens is 3. The molecule has 2 aromatic rings. The molecule has 18 heavy (non-hydrogen) atoms. The highest BCUT2D eigenvalue weighted by Crippen LogP contribution is 2.23. The van der Waals surface area contributed by atoms with E-state index in [1.165, 1.54) is 18.2 Å². The van der Waals surface area contributed by atoms with Crippen molar-refractivity contribution in [1.29, 1.82) is 0 Å². The van der Waals surface area contributed by atoms with Gasteiger partial charge in [-0.1, -0.05) is 11.6 Å². The first-order valence-electron chi connectivity index (χ1n) is 5.08. The van der Waals surface area contributed by atoms with Crippen molar-refractivity contribution < 1.29 is 9.18 Å². The quantitative estimate of drug-likeness (QED) is 0.864. The first-order valence-corrected chi connectivity index (χ1v) is 6.25. The summed E-state index contributed by atoms with van der Waals surface area (Å²) >= 11 is 8.97. The van der Waals surface area contributed by atoms with Crippen LogP contribution in [-0.4, -0.2) is 5.91 Å². The average molecular weight is 329 g/mol. The Morgan fingerprint density at radius 3 is 2.50 bits per heavy atom. The van der Waals surface area contributed by atoms with Crippen molar-refractivity contribution in [2.45, 2.75) is 0 Å². The monoisotopic (exact) mass is 327 g/mol. The summed E-state index contributed by atoms with van der Waals surface area (Å²) in [6, 6.07) is 10.5. The fraction of sp³-hybridized carbons (Fsp3) is 0. The number of carbonyl (C=O) groups is 1. The Morgan fingerprint density at radius 1 is 1.17 bits per heavy atom. The van der Waals surface area contributed by atoms with Gasteiger partial charge in [0.05, 0.1) is 5.69 Å². The van der Waals surface area contributed by atoms with Crippen LogP contribution in [0, 0.1) is 5.82 Å². The topological polar surface area (TPSA) is 29.1 Å². The summed E-state index contributed by atoms with van der Waals surface area (Å²) in [5, 5.41) is 3.17. The zero-order chi connectivity index (χ0) is 13.1. The lowest BCUT2D eigenvalue weighted by molar-refractivity contribution is 0.102. The molecule has 5 heteroatoms. The highest BCUT2D eigenvalue weighted by molar-refractivity contribution is 9.10. The average Bonchev–Trinajstić information content (AvgIpc) is 2.34. The predicted molar refractivity (Wildman–Crippen MR) is 73.5 cm³/mol. The van der Waals surface area contributed by atoms with E-state index in [0.29, 0.717) is 20.7 Å². The van der Waals surface area contributed by atoms with Gasteiger partial charge in [-0.15, -0.1) is 0 Å². The zero-order valence-corrected chi connectivity index (χ0v) is 11.4. The molecule has 2 rings (SSSR count). The Balaban J connectivity index is 2.21. The number of amides is 1. The van der Waals surface area contributed by atoms with Gasteiger partial charge in [-0.05, 0) is 58.4 Å². The Kier molecular flexibility index (Phi) is 3.99. The summed E-state index contributed by atoms with van der Waals surface area (Å²) < 4.78 is 13.7. The third-order valence-corrected chi connectivity index (χ3v) is 3.23. The summed E-state index contributed by atoms with van der Waals surface area (Å²) in [5.74, 6) is -0.734. The van der Waals surface area contributed by atoms with Crippen molar-refractivity contribution in [1.82, 2.24) is 0 Å². The molecule has 2 aromatic carbocycles. The summed E-state index contributed by atoms with van der Waals surface area (Å²) in [4.78, 5) is 11.9. The minimum atomic E-state index is -0.412. The molecule has 0 atom stereocenters. The minimum absolute atomic E-state index is 0.321. The molecule has 0 saturated carbocycles. The molecule has 0 aliphatic heterocycles. The highest BCUT2D eigenvalue weighted by Gasteiger charge is 2.08. The lowest BCUT2D eigenvalue weighted by Gasteiger charge is -2.07. The lowest BCUT2D eigenvalue weighted by Crippen LogP contribution is -2.12. The van der Waals surface area contributed by atoms with Crippen LogP contribution in [0.25, 0.3) is 0 Å². The molecular weight excluding hydrogens is 321 g/mol. The second kappa shape index (κ2) is 5.50. The van der Waals surface area contributed by atoms with Gasteiger partial charge >= 0.3 is 0 Å². The van der Waals surface area contributed by atoms with E-state index < -0.39 is 5.82 Å². The third kappa shape index (κ3) is 3.09. The lowest BCUT2D eigenvalue weighted by atomic mass is 10.2. The van der Waals surface area contributed by atoms with E-state index in [9.17, 15) is 9.18 Å². The van der Waals surface area contributed by atoms with Crippen molar-refractivity contribution >= 4 is 39.1 Å². The van der Waals surface area contributed by atoms with Crippen LogP contribution in [0.2, 0.25) is 5.02 Å². The molecule has 0 spiro atoms. The number of nitrogens with one attached hydrogen (secondary N) is 1. The minimum Gasteiger partial charge on any atom is -0.321 e. The molecule has 0 aromatic heterocycles.